The number of carbonyl (C=O) groups is 2. The van der Waals surface area contributed by atoms with Crippen molar-refractivity contribution in [3.05, 3.63) is 77.9 Å². The van der Waals surface area contributed by atoms with Crippen LogP contribution < -0.4 is 5.32 Å². The molecule has 2 amide bonds. The summed E-state index contributed by atoms with van der Waals surface area (Å²) in [4.78, 5) is 35.8. The second-order valence-electron chi connectivity index (χ2n) is 8.34. The number of nitrogens with zero attached hydrogens (tertiary/aromatic N) is 4. The SMILES string of the molecule is O=C(Nc1ccncc1)C1CCN(C(=O)c2ncn3c2CO[C@H](c2ccc(F)cc2)C3)CC1. The number of nitrogens with one attached hydrogen (secondary N) is 1. The molecule has 1 aromatic carbocycles. The van der Waals surface area contributed by atoms with E-state index in [1.54, 1.807) is 47.9 Å². The number of anilines is 1. The van der Waals surface area contributed by atoms with E-state index < -0.39 is 0 Å². The highest BCUT2D eigenvalue weighted by Gasteiger charge is 2.32. The summed E-state index contributed by atoms with van der Waals surface area (Å²) < 4.78 is 21.1. The topological polar surface area (TPSA) is 89.4 Å². The second-order valence-corrected chi connectivity index (χ2v) is 8.34. The summed E-state index contributed by atoms with van der Waals surface area (Å²) in [6.07, 6.45) is 5.91. The molecule has 1 atom stereocenters. The Hall–Kier alpha value is -3.59. The van der Waals surface area contributed by atoms with Crippen LogP contribution in [0.25, 0.3) is 0 Å². The Labute approximate surface area is 190 Å². The van der Waals surface area contributed by atoms with Gasteiger partial charge in [0.05, 0.1) is 25.2 Å². The average molecular weight is 449 g/mol. The van der Waals surface area contributed by atoms with E-state index in [9.17, 15) is 14.0 Å². The zero-order chi connectivity index (χ0) is 22.8. The highest BCUT2D eigenvalue weighted by Crippen LogP contribution is 2.29. The second kappa shape index (κ2) is 9.11. The standard InChI is InChI=1S/C24H24FN5O3/c25-18-3-1-16(2-4-18)21-13-30-15-27-22(20(30)14-33-21)24(32)29-11-7-17(8-12-29)23(31)28-19-5-9-26-10-6-19/h1-6,9-10,15,17,21H,7-8,11-14H2,(H,26,28,31)/t21-/m0/s1. The molecule has 0 radical (unpaired) electrons. The maximum absolute atomic E-state index is 13.2. The number of imidazole rings is 1. The van der Waals surface area contributed by atoms with Gasteiger partial charge in [0.15, 0.2) is 5.69 Å². The van der Waals surface area contributed by atoms with Gasteiger partial charge in [0, 0.05) is 37.1 Å². The molecule has 5 rings (SSSR count). The molecule has 2 aliphatic rings. The Kier molecular flexibility index (Phi) is 5.87. The van der Waals surface area contributed by atoms with E-state index in [1.807, 2.05) is 4.57 Å². The van der Waals surface area contributed by atoms with Crippen molar-refractivity contribution in [2.24, 2.45) is 5.92 Å². The van der Waals surface area contributed by atoms with E-state index in [0.717, 1.165) is 16.9 Å². The van der Waals surface area contributed by atoms with E-state index in [2.05, 4.69) is 15.3 Å². The van der Waals surface area contributed by atoms with Crippen molar-refractivity contribution in [2.45, 2.75) is 32.1 Å². The molecule has 8 nitrogen and oxygen atoms in total. The first-order valence-corrected chi connectivity index (χ1v) is 11.0. The van der Waals surface area contributed by atoms with Crippen LogP contribution in [0.15, 0.2) is 55.1 Å². The quantitative estimate of drug-likeness (QED) is 0.661. The minimum Gasteiger partial charge on any atom is -0.365 e. The molecule has 1 fully saturated rings. The number of rotatable bonds is 4. The van der Waals surface area contributed by atoms with Crippen molar-refractivity contribution < 1.29 is 18.7 Å². The Morgan fingerprint density at radius 3 is 2.52 bits per heavy atom. The van der Waals surface area contributed by atoms with Gasteiger partial charge in [0.1, 0.15) is 11.9 Å². The lowest BCUT2D eigenvalue weighted by molar-refractivity contribution is -0.121. The van der Waals surface area contributed by atoms with Crippen LogP contribution in [0.4, 0.5) is 10.1 Å². The fraction of sp³-hybridized carbons (Fsp3) is 0.333. The fourth-order valence-electron chi connectivity index (χ4n) is 4.36. The molecule has 0 spiro atoms. The van der Waals surface area contributed by atoms with Crippen molar-refractivity contribution in [1.29, 1.82) is 0 Å². The normalized spacial score (nSPS) is 18.6. The summed E-state index contributed by atoms with van der Waals surface area (Å²) in [5.41, 5.74) is 2.75. The maximum atomic E-state index is 13.2. The number of fused-ring (bicyclic) bond motifs is 1. The monoisotopic (exact) mass is 449 g/mol. The Morgan fingerprint density at radius 2 is 1.79 bits per heavy atom. The lowest BCUT2D eigenvalue weighted by atomic mass is 9.95. The fourth-order valence-corrected chi connectivity index (χ4v) is 4.36. The third-order valence-corrected chi connectivity index (χ3v) is 6.28. The number of pyridine rings is 1. The predicted molar refractivity (Wildman–Crippen MR) is 118 cm³/mol. The van der Waals surface area contributed by atoms with Gasteiger partial charge < -0.3 is 19.5 Å². The number of ether oxygens (including phenoxy) is 1. The van der Waals surface area contributed by atoms with E-state index in [-0.39, 0.29) is 36.3 Å². The summed E-state index contributed by atoms with van der Waals surface area (Å²) in [6, 6.07) is 9.75. The van der Waals surface area contributed by atoms with Crippen molar-refractivity contribution in [3.8, 4) is 0 Å². The average Bonchev–Trinajstić information content (AvgIpc) is 3.28. The molecule has 3 aromatic rings. The van der Waals surface area contributed by atoms with Gasteiger partial charge in [-0.1, -0.05) is 12.1 Å². The van der Waals surface area contributed by atoms with Crippen LogP contribution in [0.5, 0.6) is 0 Å². The predicted octanol–water partition coefficient (Wildman–Crippen LogP) is 3.18. The van der Waals surface area contributed by atoms with Gasteiger partial charge in [-0.2, -0.15) is 0 Å². The molecule has 0 bridgehead atoms. The highest BCUT2D eigenvalue weighted by molar-refractivity contribution is 5.95. The van der Waals surface area contributed by atoms with E-state index >= 15 is 0 Å². The molecule has 33 heavy (non-hydrogen) atoms. The largest absolute Gasteiger partial charge is 0.365 e. The zero-order valence-corrected chi connectivity index (χ0v) is 18.0. The van der Waals surface area contributed by atoms with Gasteiger partial charge in [-0.15, -0.1) is 0 Å². The summed E-state index contributed by atoms with van der Waals surface area (Å²) in [5, 5.41) is 2.91. The van der Waals surface area contributed by atoms with Gasteiger partial charge in [0.2, 0.25) is 5.91 Å². The summed E-state index contributed by atoms with van der Waals surface area (Å²) in [5.74, 6) is -0.601. The minimum atomic E-state index is -0.288. The molecular formula is C24H24FN5O3. The number of piperidine rings is 1. The maximum Gasteiger partial charge on any atom is 0.274 e. The molecule has 9 heteroatoms. The number of carbonyl (C=O) groups excluding carboxylic acids is 2. The number of hydrogen-bond donors (Lipinski definition) is 1. The third-order valence-electron chi connectivity index (χ3n) is 6.28. The lowest BCUT2D eigenvalue weighted by Gasteiger charge is -2.31. The summed E-state index contributed by atoms with van der Waals surface area (Å²) >= 11 is 0. The van der Waals surface area contributed by atoms with Crippen molar-refractivity contribution >= 4 is 17.5 Å². The third kappa shape index (κ3) is 4.49. The van der Waals surface area contributed by atoms with Gasteiger partial charge in [-0.05, 0) is 42.7 Å². The van der Waals surface area contributed by atoms with Crippen LogP contribution in [0.3, 0.4) is 0 Å². The first-order chi connectivity index (χ1) is 16.1. The number of likely N-dealkylation sites (tertiary alicyclic amines) is 1. The van der Waals surface area contributed by atoms with Crippen LogP contribution in [-0.4, -0.2) is 44.3 Å². The molecule has 1 N–H and O–H groups in total. The molecular weight excluding hydrogens is 425 g/mol. The van der Waals surface area contributed by atoms with Crippen LogP contribution in [0.2, 0.25) is 0 Å². The van der Waals surface area contributed by atoms with E-state index in [4.69, 9.17) is 4.74 Å². The minimum absolute atomic E-state index is 0.0343. The van der Waals surface area contributed by atoms with Crippen molar-refractivity contribution in [3.63, 3.8) is 0 Å². The van der Waals surface area contributed by atoms with Gasteiger partial charge in [-0.3, -0.25) is 14.6 Å². The highest BCUT2D eigenvalue weighted by atomic mass is 19.1. The van der Waals surface area contributed by atoms with Gasteiger partial charge in [0.25, 0.3) is 5.91 Å². The molecule has 170 valence electrons. The summed E-state index contributed by atoms with van der Waals surface area (Å²) in [7, 11) is 0. The first-order valence-electron chi connectivity index (χ1n) is 11.0. The molecule has 1 saturated heterocycles. The van der Waals surface area contributed by atoms with Crippen molar-refractivity contribution in [1.82, 2.24) is 19.4 Å². The molecule has 4 heterocycles. The zero-order valence-electron chi connectivity index (χ0n) is 18.0. The van der Waals surface area contributed by atoms with Crippen LogP contribution in [-0.2, 0) is 22.7 Å². The van der Waals surface area contributed by atoms with Crippen LogP contribution in [0, 0.1) is 11.7 Å². The number of aromatic nitrogens is 3. The Bertz CT molecular complexity index is 1140. The number of halogens is 1. The Balaban J connectivity index is 1.19. The Morgan fingerprint density at radius 1 is 1.06 bits per heavy atom. The van der Waals surface area contributed by atoms with Crippen LogP contribution in [0.1, 0.15) is 40.7 Å². The first kappa shape index (κ1) is 21.3. The smallest absolute Gasteiger partial charge is 0.274 e. The van der Waals surface area contributed by atoms with Gasteiger partial charge >= 0.3 is 0 Å². The van der Waals surface area contributed by atoms with Crippen LogP contribution >= 0.6 is 0 Å². The number of amides is 2. The van der Waals surface area contributed by atoms with E-state index in [1.165, 1.54) is 12.1 Å². The molecule has 0 aliphatic carbocycles. The molecule has 2 aromatic heterocycles. The van der Waals surface area contributed by atoms with Crippen molar-refractivity contribution in [2.75, 3.05) is 18.4 Å². The molecule has 0 saturated carbocycles. The van der Waals surface area contributed by atoms with E-state index in [0.29, 0.717) is 38.2 Å². The molecule has 2 aliphatic heterocycles. The van der Waals surface area contributed by atoms with Gasteiger partial charge in [-0.25, -0.2) is 9.37 Å². The summed E-state index contributed by atoms with van der Waals surface area (Å²) in [6.45, 7) is 1.77. The lowest BCUT2D eigenvalue weighted by Crippen LogP contribution is -2.42. The molecule has 0 unspecified atom stereocenters. The number of benzene rings is 1. The number of hydrogen-bond acceptors (Lipinski definition) is 5.